The van der Waals surface area contributed by atoms with Gasteiger partial charge in [-0.05, 0) is 37.9 Å². The van der Waals surface area contributed by atoms with E-state index in [1.807, 2.05) is 55.5 Å². The molecule has 1 fully saturated rings. The highest BCUT2D eigenvalue weighted by Gasteiger charge is 2.34. The van der Waals surface area contributed by atoms with Crippen LogP contribution >= 0.6 is 0 Å². The summed E-state index contributed by atoms with van der Waals surface area (Å²) < 4.78 is 43.0. The van der Waals surface area contributed by atoms with Gasteiger partial charge in [-0.25, -0.2) is 0 Å². The highest BCUT2D eigenvalue weighted by atomic mass is 32.3. The van der Waals surface area contributed by atoms with E-state index < -0.39 is 10.4 Å². The smallest absolute Gasteiger partial charge is 0.413 e. The lowest BCUT2D eigenvalue weighted by molar-refractivity contribution is -0.123. The van der Waals surface area contributed by atoms with Gasteiger partial charge in [-0.2, -0.15) is 17.8 Å². The first-order chi connectivity index (χ1) is 13.4. The summed E-state index contributed by atoms with van der Waals surface area (Å²) in [6, 6.07) is 15.1. The van der Waals surface area contributed by atoms with Crippen LogP contribution in [0.25, 0.3) is 0 Å². The highest BCUT2D eigenvalue weighted by molar-refractivity contribution is 7.80. The van der Waals surface area contributed by atoms with Crippen molar-refractivity contribution in [3.8, 4) is 5.75 Å². The SMILES string of the molecule is COc1ccc(C)cc1CN(OS(=O)(=O)O)[C@H]1CCCN[C@H]1c1ccccc1. The molecule has 0 radical (unpaired) electrons. The van der Waals surface area contributed by atoms with Gasteiger partial charge in [0.15, 0.2) is 0 Å². The first-order valence-corrected chi connectivity index (χ1v) is 10.6. The number of ether oxygens (including phenoxy) is 1. The molecule has 0 aromatic heterocycles. The molecular weight excluding hydrogens is 380 g/mol. The van der Waals surface area contributed by atoms with E-state index in [2.05, 4.69) is 5.32 Å². The number of piperidine rings is 1. The van der Waals surface area contributed by atoms with Gasteiger partial charge in [-0.3, -0.25) is 4.55 Å². The Morgan fingerprint density at radius 3 is 2.64 bits per heavy atom. The second-order valence-corrected chi connectivity index (χ2v) is 7.95. The van der Waals surface area contributed by atoms with Crippen LogP contribution < -0.4 is 10.1 Å². The summed E-state index contributed by atoms with van der Waals surface area (Å²) in [5.74, 6) is 0.634. The number of hydrogen-bond acceptors (Lipinski definition) is 6. The van der Waals surface area contributed by atoms with E-state index in [9.17, 15) is 13.0 Å². The van der Waals surface area contributed by atoms with Crippen LogP contribution in [-0.4, -0.2) is 37.7 Å². The zero-order valence-electron chi connectivity index (χ0n) is 16.0. The van der Waals surface area contributed by atoms with Crippen molar-refractivity contribution in [2.45, 2.75) is 38.4 Å². The van der Waals surface area contributed by atoms with Crippen LogP contribution in [0.4, 0.5) is 0 Å². The fraction of sp³-hybridized carbons (Fsp3) is 0.400. The third-order valence-corrected chi connectivity index (χ3v) is 5.29. The topological polar surface area (TPSA) is 88.1 Å². The van der Waals surface area contributed by atoms with Gasteiger partial charge in [0, 0.05) is 5.56 Å². The summed E-state index contributed by atoms with van der Waals surface area (Å²) in [6.45, 7) is 2.93. The molecular formula is C20H26N2O5S. The first-order valence-electron chi connectivity index (χ1n) is 9.23. The number of aryl methyl sites for hydroxylation is 1. The largest absolute Gasteiger partial charge is 0.496 e. The molecule has 0 saturated carbocycles. The monoisotopic (exact) mass is 406 g/mol. The van der Waals surface area contributed by atoms with Gasteiger partial charge in [0.1, 0.15) is 5.75 Å². The maximum absolute atomic E-state index is 11.6. The number of benzene rings is 2. The van der Waals surface area contributed by atoms with Gasteiger partial charge in [0.25, 0.3) is 0 Å². The van der Waals surface area contributed by atoms with E-state index in [-0.39, 0.29) is 18.6 Å². The van der Waals surface area contributed by atoms with Crippen LogP contribution in [0.5, 0.6) is 5.75 Å². The van der Waals surface area contributed by atoms with Crippen LogP contribution in [0.15, 0.2) is 48.5 Å². The van der Waals surface area contributed by atoms with E-state index in [1.54, 1.807) is 7.11 Å². The zero-order valence-corrected chi connectivity index (χ0v) is 16.9. The Bertz CT molecular complexity index is 889. The van der Waals surface area contributed by atoms with E-state index >= 15 is 0 Å². The average Bonchev–Trinajstić information content (AvgIpc) is 2.67. The molecule has 7 nitrogen and oxygen atoms in total. The van der Waals surface area contributed by atoms with Crippen LogP contribution in [0, 0.1) is 6.92 Å². The van der Waals surface area contributed by atoms with Crippen LogP contribution in [0.2, 0.25) is 0 Å². The number of nitrogens with one attached hydrogen (secondary N) is 1. The molecule has 28 heavy (non-hydrogen) atoms. The Labute approximate surface area is 166 Å². The van der Waals surface area contributed by atoms with Gasteiger partial charge >= 0.3 is 10.4 Å². The van der Waals surface area contributed by atoms with Crippen molar-refractivity contribution < 1.29 is 22.0 Å². The highest BCUT2D eigenvalue weighted by Crippen LogP contribution is 2.31. The maximum Gasteiger partial charge on any atom is 0.413 e. The minimum atomic E-state index is -4.67. The van der Waals surface area contributed by atoms with Crippen LogP contribution in [0.1, 0.15) is 35.6 Å². The van der Waals surface area contributed by atoms with Gasteiger partial charge in [0.2, 0.25) is 0 Å². The quantitative estimate of drug-likeness (QED) is 0.540. The Kier molecular flexibility index (Phi) is 6.69. The Morgan fingerprint density at radius 1 is 1.21 bits per heavy atom. The Hall–Kier alpha value is -1.97. The second-order valence-electron chi connectivity index (χ2n) is 6.94. The van der Waals surface area contributed by atoms with Crippen LogP contribution in [-0.2, 0) is 21.2 Å². The van der Waals surface area contributed by atoms with Crippen molar-refractivity contribution in [3.05, 3.63) is 65.2 Å². The third kappa shape index (κ3) is 5.30. The summed E-state index contributed by atoms with van der Waals surface area (Å²) in [4.78, 5) is 0. The molecule has 3 rings (SSSR count). The number of methoxy groups -OCH3 is 1. The van der Waals surface area contributed by atoms with Crippen molar-refractivity contribution in [2.24, 2.45) is 0 Å². The van der Waals surface area contributed by atoms with Crippen molar-refractivity contribution in [1.82, 2.24) is 10.4 Å². The first kappa shape index (κ1) is 20.8. The van der Waals surface area contributed by atoms with E-state index in [0.29, 0.717) is 5.75 Å². The molecule has 8 heteroatoms. The van der Waals surface area contributed by atoms with Gasteiger partial charge in [-0.1, -0.05) is 48.0 Å². The van der Waals surface area contributed by atoms with Crippen molar-refractivity contribution >= 4 is 10.4 Å². The molecule has 2 aromatic rings. The standard InChI is InChI=1S/C20H26N2O5S/c1-15-10-11-19(26-2)17(13-15)14-22(27-28(23,24)25)18-9-6-12-21-20(18)16-7-4-3-5-8-16/h3-5,7-8,10-11,13,18,20-21H,6,9,12,14H2,1-2H3,(H,23,24,25)/t18-,20-/m0/s1. The van der Waals surface area contributed by atoms with Gasteiger partial charge in [0.05, 0.1) is 25.7 Å². The minimum absolute atomic E-state index is 0.132. The molecule has 1 aliphatic rings. The van der Waals surface area contributed by atoms with Crippen molar-refractivity contribution in [3.63, 3.8) is 0 Å². The Morgan fingerprint density at radius 2 is 1.96 bits per heavy atom. The Balaban J connectivity index is 1.95. The fourth-order valence-electron chi connectivity index (χ4n) is 3.70. The summed E-state index contributed by atoms with van der Waals surface area (Å²) in [5, 5.41) is 4.79. The van der Waals surface area contributed by atoms with Crippen LogP contribution in [0.3, 0.4) is 0 Å². The summed E-state index contributed by atoms with van der Waals surface area (Å²) in [7, 11) is -3.10. The maximum atomic E-state index is 11.6. The van der Waals surface area contributed by atoms with E-state index in [0.717, 1.165) is 36.1 Å². The van der Waals surface area contributed by atoms with Gasteiger partial charge < -0.3 is 10.1 Å². The normalized spacial score (nSPS) is 20.3. The average molecular weight is 407 g/mol. The predicted molar refractivity (Wildman–Crippen MR) is 106 cm³/mol. The lowest BCUT2D eigenvalue weighted by Crippen LogP contribution is -2.48. The summed E-state index contributed by atoms with van der Waals surface area (Å²) in [6.07, 6.45) is 1.58. The van der Waals surface area contributed by atoms with Crippen molar-refractivity contribution in [1.29, 1.82) is 0 Å². The van der Waals surface area contributed by atoms with E-state index in [1.165, 1.54) is 5.06 Å². The number of rotatable bonds is 7. The molecule has 0 amide bonds. The molecule has 1 heterocycles. The molecule has 1 aliphatic heterocycles. The molecule has 0 aliphatic carbocycles. The number of hydroxylamine groups is 2. The molecule has 0 spiro atoms. The van der Waals surface area contributed by atoms with E-state index in [4.69, 9.17) is 9.02 Å². The lowest BCUT2D eigenvalue weighted by Gasteiger charge is -2.39. The third-order valence-electron chi connectivity index (χ3n) is 4.91. The molecule has 2 atom stereocenters. The molecule has 2 aromatic carbocycles. The molecule has 152 valence electrons. The molecule has 1 saturated heterocycles. The zero-order chi connectivity index (χ0) is 20.1. The fourth-order valence-corrected chi connectivity index (χ4v) is 4.11. The van der Waals surface area contributed by atoms with Gasteiger partial charge in [-0.15, -0.1) is 0 Å². The molecule has 2 N–H and O–H groups in total. The van der Waals surface area contributed by atoms with Crippen molar-refractivity contribution in [2.75, 3.05) is 13.7 Å². The summed E-state index contributed by atoms with van der Waals surface area (Å²) in [5.41, 5.74) is 2.83. The lowest BCUT2D eigenvalue weighted by atomic mass is 9.91. The minimum Gasteiger partial charge on any atom is -0.496 e. The summed E-state index contributed by atoms with van der Waals surface area (Å²) >= 11 is 0. The molecule has 0 bridgehead atoms. The predicted octanol–water partition coefficient (Wildman–Crippen LogP) is 3.03. The molecule has 0 unspecified atom stereocenters. The number of nitrogens with zero attached hydrogens (tertiary/aromatic N) is 1. The number of hydrogen-bond donors (Lipinski definition) is 2. The second kappa shape index (κ2) is 9.02.